The van der Waals surface area contributed by atoms with Gasteiger partial charge in [0.15, 0.2) is 5.13 Å². The largest absolute Gasteiger partial charge is 0.481 e. The number of amides is 2. The minimum atomic E-state index is -1.02. The Balaban J connectivity index is 1.49. The maximum absolute atomic E-state index is 12.2. The molecule has 0 aliphatic heterocycles. The number of thiophene rings is 1. The summed E-state index contributed by atoms with van der Waals surface area (Å²) in [5, 5.41) is 18.5. The lowest BCUT2D eigenvalue weighted by molar-refractivity contribution is -0.138. The van der Waals surface area contributed by atoms with Gasteiger partial charge in [0.2, 0.25) is 11.8 Å². The van der Waals surface area contributed by atoms with E-state index in [0.717, 1.165) is 15.5 Å². The fourth-order valence-corrected chi connectivity index (χ4v) is 4.52. The van der Waals surface area contributed by atoms with Gasteiger partial charge in [-0.25, -0.2) is 4.98 Å². The minimum Gasteiger partial charge on any atom is -0.481 e. The van der Waals surface area contributed by atoms with E-state index in [0.29, 0.717) is 10.8 Å². The quantitative estimate of drug-likeness (QED) is 0.420. The summed E-state index contributed by atoms with van der Waals surface area (Å²) in [4.78, 5) is 40.8. The first-order chi connectivity index (χ1) is 14.0. The maximum Gasteiger partial charge on any atom is 0.303 e. The maximum atomic E-state index is 12.2. The van der Waals surface area contributed by atoms with E-state index in [1.165, 1.54) is 23.1 Å². The molecule has 10 heteroatoms. The van der Waals surface area contributed by atoms with E-state index >= 15 is 0 Å². The average Bonchev–Trinajstić information content (AvgIpc) is 3.37. The smallest absolute Gasteiger partial charge is 0.303 e. The molecule has 0 saturated heterocycles. The number of aliphatic carboxylic acids is 1. The monoisotopic (exact) mass is 447 g/mol. The number of carboxylic acid groups (broad SMARTS) is 1. The first kappa shape index (κ1) is 21.0. The highest BCUT2D eigenvalue weighted by Gasteiger charge is 2.10. The van der Waals surface area contributed by atoms with E-state index in [4.69, 9.17) is 5.11 Å². The van der Waals surface area contributed by atoms with Crippen molar-refractivity contribution in [1.82, 2.24) is 4.98 Å². The van der Waals surface area contributed by atoms with Crippen LogP contribution in [0.3, 0.4) is 0 Å². The fourth-order valence-electron chi connectivity index (χ4n) is 2.28. The van der Waals surface area contributed by atoms with Crippen molar-refractivity contribution in [3.8, 4) is 10.6 Å². The molecule has 3 rings (SSSR count). The Bertz CT molecular complexity index is 1000. The van der Waals surface area contributed by atoms with Crippen LogP contribution < -0.4 is 10.6 Å². The Morgan fingerprint density at radius 1 is 1.03 bits per heavy atom. The number of hydrogen-bond acceptors (Lipinski definition) is 7. The third kappa shape index (κ3) is 6.70. The number of carbonyl (C=O) groups excluding carboxylic acids is 2. The number of anilines is 2. The number of rotatable bonds is 9. The summed E-state index contributed by atoms with van der Waals surface area (Å²) >= 11 is 4.31. The van der Waals surface area contributed by atoms with Crippen molar-refractivity contribution >= 4 is 63.0 Å². The van der Waals surface area contributed by atoms with Crippen LogP contribution in [0, 0.1) is 0 Å². The minimum absolute atomic E-state index is 0.0869. The van der Waals surface area contributed by atoms with Crippen LogP contribution in [0.5, 0.6) is 0 Å². The zero-order valence-electron chi connectivity index (χ0n) is 15.1. The van der Waals surface area contributed by atoms with E-state index in [9.17, 15) is 14.4 Å². The zero-order chi connectivity index (χ0) is 20.6. The van der Waals surface area contributed by atoms with Gasteiger partial charge in [-0.2, -0.15) is 0 Å². The number of hydrogen-bond donors (Lipinski definition) is 3. The topological polar surface area (TPSA) is 108 Å². The lowest BCUT2D eigenvalue weighted by Gasteiger charge is -2.07. The van der Waals surface area contributed by atoms with Crippen molar-refractivity contribution in [2.75, 3.05) is 16.4 Å². The second-order valence-corrected chi connectivity index (χ2v) is 8.68. The Morgan fingerprint density at radius 2 is 1.90 bits per heavy atom. The van der Waals surface area contributed by atoms with Crippen LogP contribution in [0.15, 0.2) is 52.1 Å². The molecule has 0 atom stereocenters. The molecule has 3 aromatic rings. The van der Waals surface area contributed by atoms with Crippen LogP contribution in [-0.4, -0.2) is 33.6 Å². The SMILES string of the molecule is O=C(O)CCC(=O)Nc1cccc(SCC(=O)Nc2nc(-c3cccs3)cs2)c1. The molecule has 0 aliphatic carbocycles. The van der Waals surface area contributed by atoms with Gasteiger partial charge in [0, 0.05) is 22.4 Å². The fraction of sp³-hybridized carbons (Fsp3) is 0.158. The van der Waals surface area contributed by atoms with E-state index < -0.39 is 5.97 Å². The molecule has 3 N–H and O–H groups in total. The van der Waals surface area contributed by atoms with E-state index in [1.807, 2.05) is 29.0 Å². The van der Waals surface area contributed by atoms with Gasteiger partial charge in [-0.3, -0.25) is 14.4 Å². The first-order valence-corrected chi connectivity index (χ1v) is 11.3. The summed E-state index contributed by atoms with van der Waals surface area (Å²) in [6.45, 7) is 0. The summed E-state index contributed by atoms with van der Waals surface area (Å²) in [6, 6.07) is 11.0. The number of nitrogens with zero attached hydrogens (tertiary/aromatic N) is 1. The molecule has 2 amide bonds. The predicted octanol–water partition coefficient (Wildman–Crippen LogP) is 4.41. The van der Waals surface area contributed by atoms with E-state index in [1.54, 1.807) is 29.5 Å². The van der Waals surface area contributed by atoms with Gasteiger partial charge < -0.3 is 15.7 Å². The van der Waals surface area contributed by atoms with Crippen LogP contribution >= 0.6 is 34.4 Å². The molecule has 0 radical (unpaired) electrons. The highest BCUT2D eigenvalue weighted by atomic mass is 32.2. The highest BCUT2D eigenvalue weighted by Crippen LogP contribution is 2.28. The van der Waals surface area contributed by atoms with Gasteiger partial charge in [0.05, 0.1) is 22.7 Å². The van der Waals surface area contributed by atoms with Crippen LogP contribution in [0.4, 0.5) is 10.8 Å². The molecule has 29 heavy (non-hydrogen) atoms. The second-order valence-electron chi connectivity index (χ2n) is 5.82. The lowest BCUT2D eigenvalue weighted by atomic mass is 10.2. The zero-order valence-corrected chi connectivity index (χ0v) is 17.5. The molecule has 2 heterocycles. The summed E-state index contributed by atoms with van der Waals surface area (Å²) in [5.74, 6) is -1.35. The Morgan fingerprint density at radius 3 is 2.66 bits per heavy atom. The van der Waals surface area contributed by atoms with E-state index in [2.05, 4.69) is 15.6 Å². The average molecular weight is 448 g/mol. The molecule has 0 saturated carbocycles. The summed E-state index contributed by atoms with van der Waals surface area (Å²) in [6.07, 6.45) is -0.304. The van der Waals surface area contributed by atoms with Crippen molar-refractivity contribution in [2.24, 2.45) is 0 Å². The van der Waals surface area contributed by atoms with Gasteiger partial charge in [0.1, 0.15) is 0 Å². The van der Waals surface area contributed by atoms with Crippen molar-refractivity contribution in [2.45, 2.75) is 17.7 Å². The standard InChI is InChI=1S/C19H17N3O4S3/c23-16(6-7-18(25)26)20-12-3-1-4-13(9-12)28-11-17(24)22-19-21-14(10-29-19)15-5-2-8-27-15/h1-5,8-10H,6-7,11H2,(H,20,23)(H,25,26)(H,21,22,24). The van der Waals surface area contributed by atoms with Crippen LogP contribution in [0.25, 0.3) is 10.6 Å². The van der Waals surface area contributed by atoms with Gasteiger partial charge in [-0.05, 0) is 29.6 Å². The number of carboxylic acids is 1. The molecular weight excluding hydrogens is 430 g/mol. The predicted molar refractivity (Wildman–Crippen MR) is 117 cm³/mol. The number of thiazole rings is 1. The number of nitrogens with one attached hydrogen (secondary N) is 2. The van der Waals surface area contributed by atoms with Crippen LogP contribution in [-0.2, 0) is 14.4 Å². The Labute approximate surface area is 179 Å². The van der Waals surface area contributed by atoms with E-state index in [-0.39, 0.29) is 30.4 Å². The van der Waals surface area contributed by atoms with Crippen molar-refractivity contribution in [3.05, 3.63) is 47.2 Å². The van der Waals surface area contributed by atoms with Gasteiger partial charge in [-0.1, -0.05) is 12.1 Å². The lowest BCUT2D eigenvalue weighted by Crippen LogP contribution is -2.14. The van der Waals surface area contributed by atoms with Crippen molar-refractivity contribution in [1.29, 1.82) is 0 Å². The molecule has 0 unspecified atom stereocenters. The molecule has 0 aliphatic rings. The normalized spacial score (nSPS) is 10.5. The van der Waals surface area contributed by atoms with Crippen molar-refractivity contribution in [3.63, 3.8) is 0 Å². The van der Waals surface area contributed by atoms with Crippen LogP contribution in [0.2, 0.25) is 0 Å². The molecule has 1 aromatic carbocycles. The second kappa shape index (κ2) is 10.2. The third-order valence-electron chi connectivity index (χ3n) is 3.58. The van der Waals surface area contributed by atoms with Crippen molar-refractivity contribution < 1.29 is 19.5 Å². The third-order valence-corrected chi connectivity index (χ3v) is 6.22. The molecular formula is C19H17N3O4S3. The number of thioether (sulfide) groups is 1. The molecule has 0 spiro atoms. The van der Waals surface area contributed by atoms with Gasteiger partial charge >= 0.3 is 5.97 Å². The number of carbonyl (C=O) groups is 3. The molecule has 2 aromatic heterocycles. The number of benzene rings is 1. The summed E-state index contributed by atoms with van der Waals surface area (Å²) < 4.78 is 0. The Kier molecular flexibility index (Phi) is 7.39. The first-order valence-electron chi connectivity index (χ1n) is 8.53. The highest BCUT2D eigenvalue weighted by molar-refractivity contribution is 8.00. The van der Waals surface area contributed by atoms with Crippen LogP contribution in [0.1, 0.15) is 12.8 Å². The summed E-state index contributed by atoms with van der Waals surface area (Å²) in [7, 11) is 0. The summed E-state index contributed by atoms with van der Waals surface area (Å²) in [5.41, 5.74) is 1.41. The van der Waals surface area contributed by atoms with Gasteiger partial charge in [-0.15, -0.1) is 34.4 Å². The molecule has 0 bridgehead atoms. The Hall–Kier alpha value is -2.69. The molecule has 7 nitrogen and oxygen atoms in total. The number of aromatic nitrogens is 1. The molecule has 150 valence electrons. The van der Waals surface area contributed by atoms with Gasteiger partial charge in [0.25, 0.3) is 0 Å². The molecule has 0 fully saturated rings.